The van der Waals surface area contributed by atoms with Crippen molar-refractivity contribution in [2.45, 2.75) is 19.8 Å². The van der Waals surface area contributed by atoms with E-state index >= 15 is 0 Å². The maximum Gasteiger partial charge on any atom is 0.263 e. The predicted molar refractivity (Wildman–Crippen MR) is 120 cm³/mol. The number of para-hydroxylation sites is 1. The number of hydrogen-bond donors (Lipinski definition) is 3. The highest BCUT2D eigenvalue weighted by molar-refractivity contribution is 7.17. The van der Waals surface area contributed by atoms with Crippen LogP contribution in [0, 0.1) is 6.92 Å². The third-order valence-corrected chi connectivity index (χ3v) is 6.00. The molecule has 0 fully saturated rings. The number of rotatable bonds is 8. The molecule has 29 heavy (non-hydrogen) atoms. The van der Waals surface area contributed by atoms with E-state index in [1.807, 2.05) is 43.5 Å². The Labute approximate surface area is 174 Å². The van der Waals surface area contributed by atoms with Crippen molar-refractivity contribution >= 4 is 33.3 Å². The quantitative estimate of drug-likeness (QED) is 0.403. The molecule has 0 spiro atoms. The smallest absolute Gasteiger partial charge is 0.263 e. The molecule has 0 bridgehead atoms. The number of hydrogen-bond acceptors (Lipinski definition) is 4. The number of aromatic nitrogens is 2. The summed E-state index contributed by atoms with van der Waals surface area (Å²) in [7, 11) is 0. The predicted octanol–water partition coefficient (Wildman–Crippen LogP) is 4.56. The van der Waals surface area contributed by atoms with Gasteiger partial charge in [-0.3, -0.25) is 4.79 Å². The zero-order valence-electron chi connectivity index (χ0n) is 16.4. The Morgan fingerprint density at radius 3 is 2.69 bits per heavy atom. The highest BCUT2D eigenvalue weighted by atomic mass is 32.1. The van der Waals surface area contributed by atoms with Gasteiger partial charge >= 0.3 is 0 Å². The van der Waals surface area contributed by atoms with Crippen molar-refractivity contribution in [3.05, 3.63) is 82.5 Å². The number of carbonyl (C=O) groups is 1. The van der Waals surface area contributed by atoms with Crippen molar-refractivity contribution in [3.8, 4) is 0 Å². The molecule has 2 aromatic heterocycles. The average molecular weight is 405 g/mol. The Morgan fingerprint density at radius 1 is 1.03 bits per heavy atom. The molecular weight excluding hydrogens is 380 g/mol. The third-order valence-electron chi connectivity index (χ3n) is 4.89. The van der Waals surface area contributed by atoms with Gasteiger partial charge < -0.3 is 15.6 Å². The van der Waals surface area contributed by atoms with Crippen molar-refractivity contribution in [1.29, 1.82) is 0 Å². The SMILES string of the molecule is Cc1nc(NCCc2ccccc2)sc1C(=O)NCCc1c[nH]c2ccccc12. The lowest BCUT2D eigenvalue weighted by Crippen LogP contribution is -2.25. The molecule has 5 nitrogen and oxygen atoms in total. The zero-order valence-corrected chi connectivity index (χ0v) is 17.2. The topological polar surface area (TPSA) is 69.8 Å². The lowest BCUT2D eigenvalue weighted by atomic mass is 10.1. The molecule has 0 radical (unpaired) electrons. The fourth-order valence-electron chi connectivity index (χ4n) is 3.37. The van der Waals surface area contributed by atoms with E-state index in [4.69, 9.17) is 0 Å². The molecule has 6 heteroatoms. The van der Waals surface area contributed by atoms with Crippen molar-refractivity contribution in [2.24, 2.45) is 0 Å². The lowest BCUT2D eigenvalue weighted by molar-refractivity contribution is 0.0957. The van der Waals surface area contributed by atoms with Crippen molar-refractivity contribution < 1.29 is 4.79 Å². The van der Waals surface area contributed by atoms with Crippen LogP contribution >= 0.6 is 11.3 Å². The minimum absolute atomic E-state index is 0.0593. The number of anilines is 1. The van der Waals surface area contributed by atoms with Crippen LogP contribution in [0.1, 0.15) is 26.5 Å². The first-order chi connectivity index (χ1) is 14.2. The van der Waals surface area contributed by atoms with E-state index in [-0.39, 0.29) is 5.91 Å². The fraction of sp³-hybridized carbons (Fsp3) is 0.217. The summed E-state index contributed by atoms with van der Waals surface area (Å²) in [5.74, 6) is -0.0593. The summed E-state index contributed by atoms with van der Waals surface area (Å²) in [6.07, 6.45) is 3.73. The minimum Gasteiger partial charge on any atom is -0.361 e. The summed E-state index contributed by atoms with van der Waals surface area (Å²) < 4.78 is 0. The van der Waals surface area contributed by atoms with Crippen LogP contribution in [0.5, 0.6) is 0 Å². The third kappa shape index (κ3) is 4.66. The second-order valence-electron chi connectivity index (χ2n) is 6.96. The van der Waals surface area contributed by atoms with Gasteiger partial charge in [-0.15, -0.1) is 0 Å². The molecule has 148 valence electrons. The largest absolute Gasteiger partial charge is 0.361 e. The number of H-pyrrole nitrogens is 1. The Hall–Kier alpha value is -3.12. The highest BCUT2D eigenvalue weighted by Crippen LogP contribution is 2.23. The summed E-state index contributed by atoms with van der Waals surface area (Å²) in [4.78, 5) is 21.0. The molecule has 0 aliphatic carbocycles. The van der Waals surface area contributed by atoms with Gasteiger partial charge in [-0.05, 0) is 37.0 Å². The van der Waals surface area contributed by atoms with Crippen molar-refractivity contribution in [3.63, 3.8) is 0 Å². The number of nitrogens with one attached hydrogen (secondary N) is 3. The van der Waals surface area contributed by atoms with E-state index in [1.54, 1.807) is 0 Å². The van der Waals surface area contributed by atoms with Gasteiger partial charge in [0.05, 0.1) is 5.69 Å². The molecule has 2 aromatic carbocycles. The zero-order chi connectivity index (χ0) is 20.1. The van der Waals surface area contributed by atoms with Gasteiger partial charge in [0.25, 0.3) is 5.91 Å². The monoisotopic (exact) mass is 404 g/mol. The van der Waals surface area contributed by atoms with Crippen LogP contribution in [0.15, 0.2) is 60.8 Å². The number of aromatic amines is 1. The standard InChI is InChI=1S/C23H24N4OS/c1-16-21(29-23(27-16)25-13-11-17-7-3-2-4-8-17)22(28)24-14-12-18-15-26-20-10-6-5-9-19(18)20/h2-10,15,26H,11-14H2,1H3,(H,24,28)(H,25,27). The van der Waals surface area contributed by atoms with Gasteiger partial charge in [-0.25, -0.2) is 4.98 Å². The second-order valence-corrected chi connectivity index (χ2v) is 7.96. The van der Waals surface area contributed by atoms with E-state index in [0.717, 1.165) is 35.7 Å². The number of thiazole rings is 1. The maximum atomic E-state index is 12.6. The van der Waals surface area contributed by atoms with Gasteiger partial charge in [-0.2, -0.15) is 0 Å². The van der Waals surface area contributed by atoms with Crippen LogP contribution in [0.2, 0.25) is 0 Å². The van der Waals surface area contributed by atoms with Gasteiger partial charge in [0.15, 0.2) is 5.13 Å². The molecule has 0 aliphatic heterocycles. The molecule has 1 amide bonds. The summed E-state index contributed by atoms with van der Waals surface area (Å²) in [5.41, 5.74) is 4.38. The fourth-order valence-corrected chi connectivity index (χ4v) is 4.28. The number of amides is 1. The van der Waals surface area contributed by atoms with Crippen molar-refractivity contribution in [2.75, 3.05) is 18.4 Å². The first-order valence-corrected chi connectivity index (χ1v) is 10.6. The van der Waals surface area contributed by atoms with E-state index in [2.05, 4.69) is 44.9 Å². The van der Waals surface area contributed by atoms with Crippen LogP contribution < -0.4 is 10.6 Å². The summed E-state index contributed by atoms with van der Waals surface area (Å²) in [5, 5.41) is 8.36. The number of benzene rings is 2. The highest BCUT2D eigenvalue weighted by Gasteiger charge is 2.15. The summed E-state index contributed by atoms with van der Waals surface area (Å²) >= 11 is 1.41. The number of nitrogens with zero attached hydrogens (tertiary/aromatic N) is 1. The number of fused-ring (bicyclic) bond motifs is 1. The number of aryl methyl sites for hydroxylation is 1. The van der Waals surface area contributed by atoms with Crippen LogP contribution in [0.25, 0.3) is 10.9 Å². The second kappa shape index (κ2) is 8.92. The van der Waals surface area contributed by atoms with Crippen LogP contribution in [-0.4, -0.2) is 29.0 Å². The Balaban J connectivity index is 1.29. The first kappa shape index (κ1) is 19.2. The van der Waals surface area contributed by atoms with Crippen LogP contribution in [-0.2, 0) is 12.8 Å². The maximum absolute atomic E-state index is 12.6. The minimum atomic E-state index is -0.0593. The molecule has 2 heterocycles. The molecule has 0 saturated carbocycles. The molecule has 0 saturated heterocycles. The molecule has 4 aromatic rings. The molecular formula is C23H24N4OS. The summed E-state index contributed by atoms with van der Waals surface area (Å²) in [6.45, 7) is 3.26. The van der Waals surface area contributed by atoms with Crippen LogP contribution in [0.3, 0.4) is 0 Å². The van der Waals surface area contributed by atoms with E-state index in [1.165, 1.54) is 27.8 Å². The Bertz CT molecular complexity index is 1100. The molecule has 4 rings (SSSR count). The van der Waals surface area contributed by atoms with Crippen molar-refractivity contribution in [1.82, 2.24) is 15.3 Å². The van der Waals surface area contributed by atoms with Gasteiger partial charge in [0.2, 0.25) is 0 Å². The van der Waals surface area contributed by atoms with E-state index < -0.39 is 0 Å². The normalized spacial score (nSPS) is 10.9. The lowest BCUT2D eigenvalue weighted by Gasteiger charge is -2.04. The van der Waals surface area contributed by atoms with E-state index in [0.29, 0.717) is 11.4 Å². The van der Waals surface area contributed by atoms with Crippen LogP contribution in [0.4, 0.5) is 5.13 Å². The summed E-state index contributed by atoms with van der Waals surface area (Å²) in [6, 6.07) is 18.5. The first-order valence-electron chi connectivity index (χ1n) is 9.79. The van der Waals surface area contributed by atoms with Gasteiger partial charge in [0.1, 0.15) is 4.88 Å². The molecule has 3 N–H and O–H groups in total. The van der Waals surface area contributed by atoms with E-state index in [9.17, 15) is 4.79 Å². The molecule has 0 aliphatic rings. The Morgan fingerprint density at radius 2 is 1.83 bits per heavy atom. The molecule has 0 atom stereocenters. The van der Waals surface area contributed by atoms with Gasteiger partial charge in [0, 0.05) is 30.2 Å². The average Bonchev–Trinajstić information content (AvgIpc) is 3.32. The Kier molecular flexibility index (Phi) is 5.91. The molecule has 0 unspecified atom stereocenters. The number of carbonyl (C=O) groups excluding carboxylic acids is 1. The van der Waals surface area contributed by atoms with Gasteiger partial charge in [-0.1, -0.05) is 59.9 Å².